The van der Waals surface area contributed by atoms with Crippen LogP contribution < -0.4 is 26.2 Å². The molecule has 0 saturated carbocycles. The first-order valence-electron chi connectivity index (χ1n) is 15.1. The molecular formula is C30H30F3N9O2S. The number of rotatable bonds is 6. The van der Waals surface area contributed by atoms with Crippen LogP contribution in [0.25, 0.3) is 32.4 Å². The number of ether oxygens (including phenoxy) is 1. The number of thiazole rings is 1. The number of nitrogens with zero attached hydrogens (tertiary/aromatic N) is 7. The number of hydrogen-bond acceptors (Lipinski definition) is 11. The molecule has 3 N–H and O–H groups in total. The van der Waals surface area contributed by atoms with E-state index in [1.807, 2.05) is 11.0 Å². The van der Waals surface area contributed by atoms with Crippen molar-refractivity contribution in [3.63, 3.8) is 0 Å². The molecule has 4 saturated heterocycles. The number of piperazine rings is 1. The van der Waals surface area contributed by atoms with Crippen LogP contribution in [0.5, 0.6) is 6.01 Å². The van der Waals surface area contributed by atoms with Gasteiger partial charge in [0.15, 0.2) is 10.9 Å². The number of alkyl halides is 1. The van der Waals surface area contributed by atoms with Crippen molar-refractivity contribution in [3.05, 3.63) is 34.1 Å². The van der Waals surface area contributed by atoms with Crippen LogP contribution in [0.2, 0.25) is 0 Å². The zero-order valence-electron chi connectivity index (χ0n) is 24.2. The summed E-state index contributed by atoms with van der Waals surface area (Å²) in [5.74, 6) is -1.25. The summed E-state index contributed by atoms with van der Waals surface area (Å²) in [7, 11) is 0. The van der Waals surface area contributed by atoms with E-state index in [0.29, 0.717) is 26.1 Å². The largest absolute Gasteiger partial charge is 0.461 e. The molecule has 11 nitrogen and oxygen atoms in total. The standard InChI is InChI=1S/C30H30F3N9O2S/c31-15-10-30(6-1-8-41(30)11-15)14-44-29-38-23-20(26(39-29)40-12-16-2-3-17(13-40)36-16)27(43)42(9-7-34)24(21(23)33)18-4-5-19(32)25-22(18)37-28(35)45-25/h4-5,15-17,36H,1-3,6,8-14H2,(H2,35,37)/t15-,16?,17?,30+/m1/s1. The van der Waals surface area contributed by atoms with Gasteiger partial charge < -0.3 is 20.7 Å². The maximum atomic E-state index is 17.0. The van der Waals surface area contributed by atoms with E-state index in [1.165, 1.54) is 6.07 Å². The van der Waals surface area contributed by atoms with Crippen molar-refractivity contribution in [1.29, 1.82) is 5.26 Å². The van der Waals surface area contributed by atoms with Gasteiger partial charge in [0.1, 0.15) is 41.9 Å². The highest BCUT2D eigenvalue weighted by Crippen LogP contribution is 2.41. The highest BCUT2D eigenvalue weighted by Gasteiger charge is 2.49. The highest BCUT2D eigenvalue weighted by atomic mass is 32.1. The van der Waals surface area contributed by atoms with Crippen molar-refractivity contribution in [2.75, 3.05) is 43.4 Å². The second-order valence-corrected chi connectivity index (χ2v) is 13.5. The fourth-order valence-electron chi connectivity index (χ4n) is 7.83. The van der Waals surface area contributed by atoms with Crippen LogP contribution in [0.4, 0.5) is 24.1 Å². The van der Waals surface area contributed by atoms with Gasteiger partial charge in [-0.15, -0.1) is 0 Å². The van der Waals surface area contributed by atoms with E-state index in [1.54, 1.807) is 0 Å². The molecule has 0 spiro atoms. The Kier molecular flexibility index (Phi) is 6.66. The lowest BCUT2D eigenvalue weighted by atomic mass is 9.95. The molecule has 0 amide bonds. The smallest absolute Gasteiger partial charge is 0.319 e. The van der Waals surface area contributed by atoms with Crippen LogP contribution in [0.1, 0.15) is 32.1 Å². The molecule has 4 fully saturated rings. The summed E-state index contributed by atoms with van der Waals surface area (Å²) in [5.41, 5.74) is 4.40. The minimum absolute atomic E-state index is 0.0679. The van der Waals surface area contributed by atoms with Crippen LogP contribution in [0.3, 0.4) is 0 Å². The summed E-state index contributed by atoms with van der Waals surface area (Å²) < 4.78 is 53.5. The first kappa shape index (κ1) is 28.5. The Hall–Kier alpha value is -4.00. The molecule has 2 unspecified atom stereocenters. The van der Waals surface area contributed by atoms with Gasteiger partial charge in [-0.25, -0.2) is 18.2 Å². The lowest BCUT2D eigenvalue weighted by molar-refractivity contribution is 0.107. The number of hydrogen-bond donors (Lipinski definition) is 2. The Labute approximate surface area is 259 Å². The lowest BCUT2D eigenvalue weighted by Crippen LogP contribution is -2.51. The lowest BCUT2D eigenvalue weighted by Gasteiger charge is -2.34. The zero-order valence-corrected chi connectivity index (χ0v) is 25.0. The Morgan fingerprint density at radius 3 is 2.73 bits per heavy atom. The zero-order chi connectivity index (χ0) is 31.0. The summed E-state index contributed by atoms with van der Waals surface area (Å²) >= 11 is 0.904. The van der Waals surface area contributed by atoms with Gasteiger partial charge in [-0.3, -0.25) is 14.3 Å². The van der Waals surface area contributed by atoms with Crippen molar-refractivity contribution in [2.24, 2.45) is 0 Å². The van der Waals surface area contributed by atoms with Gasteiger partial charge in [0.05, 0.1) is 27.5 Å². The quantitative estimate of drug-likeness (QED) is 0.324. The van der Waals surface area contributed by atoms with E-state index in [2.05, 4.69) is 20.2 Å². The highest BCUT2D eigenvalue weighted by molar-refractivity contribution is 7.22. The van der Waals surface area contributed by atoms with E-state index in [9.17, 15) is 18.8 Å². The van der Waals surface area contributed by atoms with E-state index in [0.717, 1.165) is 54.2 Å². The fraction of sp³-hybridized carbons (Fsp3) is 0.500. The SMILES string of the molecule is N#CCn1c(-c2ccc(F)c3sc(N)nc23)c(F)c2nc(OC[C@@]34CCCN3C[C@H](F)C4)nc(N3CC4CCC(C3)N4)c2c1=O. The second-order valence-electron chi connectivity index (χ2n) is 12.5. The minimum atomic E-state index is -0.954. The van der Waals surface area contributed by atoms with Crippen molar-refractivity contribution in [3.8, 4) is 23.3 Å². The van der Waals surface area contributed by atoms with Gasteiger partial charge in [-0.1, -0.05) is 11.3 Å². The van der Waals surface area contributed by atoms with E-state index >= 15 is 4.39 Å². The molecule has 4 aliphatic heterocycles. The molecule has 15 heteroatoms. The van der Waals surface area contributed by atoms with Crippen molar-refractivity contribution in [1.82, 2.24) is 29.7 Å². The van der Waals surface area contributed by atoms with Gasteiger partial charge in [0, 0.05) is 43.7 Å². The van der Waals surface area contributed by atoms with Crippen molar-refractivity contribution in [2.45, 2.75) is 62.4 Å². The van der Waals surface area contributed by atoms with Crippen LogP contribution >= 0.6 is 11.3 Å². The number of fused-ring (bicyclic) bond motifs is 5. The molecular weight excluding hydrogens is 607 g/mol. The summed E-state index contributed by atoms with van der Waals surface area (Å²) in [6.07, 6.45) is 3.00. The van der Waals surface area contributed by atoms with Crippen LogP contribution in [0.15, 0.2) is 16.9 Å². The monoisotopic (exact) mass is 637 g/mol. The summed E-state index contributed by atoms with van der Waals surface area (Å²) in [6.45, 7) is 1.86. The average Bonchev–Trinajstić information content (AvgIpc) is 3.77. The Balaban J connectivity index is 1.33. The van der Waals surface area contributed by atoms with Crippen LogP contribution in [-0.2, 0) is 6.54 Å². The molecule has 3 aromatic heterocycles. The predicted molar refractivity (Wildman–Crippen MR) is 163 cm³/mol. The maximum absolute atomic E-state index is 17.0. The summed E-state index contributed by atoms with van der Waals surface area (Å²) in [6, 6.07) is 4.68. The number of benzene rings is 1. The van der Waals surface area contributed by atoms with Gasteiger partial charge in [-0.05, 0) is 44.4 Å². The normalized spacial score (nSPS) is 26.2. The van der Waals surface area contributed by atoms with E-state index in [-0.39, 0.29) is 68.0 Å². The third-order valence-electron chi connectivity index (χ3n) is 9.76. The molecule has 1 aromatic carbocycles. The third kappa shape index (κ3) is 4.52. The number of pyridine rings is 1. The number of aromatic nitrogens is 4. The molecule has 234 valence electrons. The number of anilines is 2. The molecule has 4 aliphatic rings. The topological polar surface area (TPSA) is 138 Å². The number of nitrogen functional groups attached to an aromatic ring is 1. The Bertz CT molecular complexity index is 1950. The van der Waals surface area contributed by atoms with Gasteiger partial charge in [0.2, 0.25) is 0 Å². The Morgan fingerprint density at radius 2 is 1.96 bits per heavy atom. The Morgan fingerprint density at radius 1 is 1.16 bits per heavy atom. The maximum Gasteiger partial charge on any atom is 0.319 e. The first-order valence-corrected chi connectivity index (χ1v) is 15.9. The van der Waals surface area contributed by atoms with Crippen LogP contribution in [-0.4, -0.2) is 81.0 Å². The van der Waals surface area contributed by atoms with Gasteiger partial charge >= 0.3 is 6.01 Å². The fourth-order valence-corrected chi connectivity index (χ4v) is 8.60. The van der Waals surface area contributed by atoms with Gasteiger partial charge in [-0.2, -0.15) is 15.2 Å². The molecule has 8 rings (SSSR count). The number of nitrogens with one attached hydrogen (secondary N) is 1. The number of nitrogens with two attached hydrogens (primary N) is 1. The molecule has 4 atom stereocenters. The van der Waals surface area contributed by atoms with Gasteiger partial charge in [0.25, 0.3) is 5.56 Å². The van der Waals surface area contributed by atoms with E-state index < -0.39 is 35.4 Å². The van der Waals surface area contributed by atoms with Crippen LogP contribution in [0, 0.1) is 23.0 Å². The molecule has 2 bridgehead atoms. The minimum Gasteiger partial charge on any atom is -0.461 e. The summed E-state index contributed by atoms with van der Waals surface area (Å²) in [4.78, 5) is 31.7. The first-order chi connectivity index (χ1) is 21.7. The second kappa shape index (κ2) is 10.5. The molecule has 45 heavy (non-hydrogen) atoms. The molecule has 0 aliphatic carbocycles. The third-order valence-corrected chi connectivity index (χ3v) is 10.7. The number of halogens is 3. The summed E-state index contributed by atoms with van der Waals surface area (Å²) in [5, 5.41) is 13.3. The van der Waals surface area contributed by atoms with Crippen molar-refractivity contribution >= 4 is 43.4 Å². The average molecular weight is 638 g/mol. The molecule has 7 heterocycles. The molecule has 0 radical (unpaired) electrons. The van der Waals surface area contributed by atoms with Crippen molar-refractivity contribution < 1.29 is 17.9 Å². The molecule has 4 aromatic rings. The predicted octanol–water partition coefficient (Wildman–Crippen LogP) is 3.35. The van der Waals surface area contributed by atoms with E-state index in [4.69, 9.17) is 15.5 Å². The number of nitriles is 1.